The average molecular weight is 260 g/mol. The van der Waals surface area contributed by atoms with Crippen LogP contribution in [0.25, 0.3) is 0 Å². The van der Waals surface area contributed by atoms with E-state index in [4.69, 9.17) is 17.0 Å². The minimum atomic E-state index is -0.391. The van der Waals surface area contributed by atoms with Crippen molar-refractivity contribution in [3.8, 4) is 0 Å². The molecule has 0 aliphatic heterocycles. The first-order valence-corrected chi connectivity index (χ1v) is 5.69. The van der Waals surface area contributed by atoms with Gasteiger partial charge in [-0.2, -0.15) is 4.99 Å². The van der Waals surface area contributed by atoms with E-state index in [1.807, 2.05) is 27.7 Å². The smallest absolute Gasteiger partial charge is 0.323 e. The molecule has 0 aliphatic carbocycles. The van der Waals surface area contributed by atoms with Crippen LogP contribution in [0, 0.1) is 0 Å². The Kier molecular flexibility index (Phi) is 6.48. The summed E-state index contributed by atoms with van der Waals surface area (Å²) in [5.41, 5.74) is -0.328. The second kappa shape index (κ2) is 7.05. The number of ether oxygens (including phenoxy) is 1. The van der Waals surface area contributed by atoms with Gasteiger partial charge in [-0.3, -0.25) is 5.32 Å². The van der Waals surface area contributed by atoms with Crippen molar-refractivity contribution in [2.24, 2.45) is 4.99 Å². The van der Waals surface area contributed by atoms with Crippen LogP contribution >= 0.6 is 12.2 Å². The van der Waals surface area contributed by atoms with Crippen LogP contribution in [-0.4, -0.2) is 36.4 Å². The molecule has 2 amide bonds. The Labute approximate surface area is 107 Å². The molecule has 7 heteroatoms. The monoisotopic (exact) mass is 260 g/mol. The Morgan fingerprint density at radius 2 is 2.00 bits per heavy atom. The number of rotatable bonds is 1. The molecule has 0 aliphatic rings. The van der Waals surface area contributed by atoms with Gasteiger partial charge in [0, 0.05) is 12.1 Å². The van der Waals surface area contributed by atoms with E-state index in [2.05, 4.69) is 20.9 Å². The Hall–Kier alpha value is -1.37. The summed E-state index contributed by atoms with van der Waals surface area (Å²) >= 11 is 4.91. The highest BCUT2D eigenvalue weighted by molar-refractivity contribution is 7.80. The normalized spacial score (nSPS) is 11.7. The van der Waals surface area contributed by atoms with Crippen LogP contribution < -0.4 is 16.0 Å². The molecule has 98 valence electrons. The third-order valence-electron chi connectivity index (χ3n) is 1.43. The molecule has 0 saturated heterocycles. The van der Waals surface area contributed by atoms with Gasteiger partial charge in [0.15, 0.2) is 5.11 Å². The molecule has 17 heavy (non-hydrogen) atoms. The fraction of sp³-hybridized carbons (Fsp3) is 0.700. The van der Waals surface area contributed by atoms with Crippen molar-refractivity contribution in [1.29, 1.82) is 0 Å². The van der Waals surface area contributed by atoms with Gasteiger partial charge >= 0.3 is 6.03 Å². The van der Waals surface area contributed by atoms with E-state index in [0.29, 0.717) is 6.54 Å². The van der Waals surface area contributed by atoms with Crippen molar-refractivity contribution in [3.63, 3.8) is 0 Å². The Morgan fingerprint density at radius 1 is 1.41 bits per heavy atom. The average Bonchev–Trinajstić information content (AvgIpc) is 2.13. The number of hydrogen-bond acceptors (Lipinski definition) is 3. The predicted molar refractivity (Wildman–Crippen MR) is 72.1 cm³/mol. The third-order valence-corrected chi connectivity index (χ3v) is 1.67. The van der Waals surface area contributed by atoms with Crippen LogP contribution in [-0.2, 0) is 4.74 Å². The molecule has 0 atom stereocenters. The van der Waals surface area contributed by atoms with Crippen molar-refractivity contribution >= 4 is 29.4 Å². The first kappa shape index (κ1) is 15.6. The lowest BCUT2D eigenvalue weighted by Gasteiger charge is -2.20. The largest absolute Gasteiger partial charge is 0.468 e. The molecule has 0 radical (unpaired) electrons. The molecule has 0 spiro atoms. The standard InChI is InChI=1S/C10H20N4O2S/c1-6-11-9(17)13-8(16-5)12-7(15)14-10(2,3)4/h6H2,1-5H3,(H3,11,12,13,14,15,17). The summed E-state index contributed by atoms with van der Waals surface area (Å²) in [6, 6.07) is -0.338. The molecule has 0 fully saturated rings. The zero-order valence-electron chi connectivity index (χ0n) is 10.9. The third kappa shape index (κ3) is 8.44. The number of carbonyl (C=O) groups is 1. The number of carbonyl (C=O) groups excluding carboxylic acids is 1. The van der Waals surface area contributed by atoms with Gasteiger partial charge in [-0.05, 0) is 39.9 Å². The van der Waals surface area contributed by atoms with Crippen molar-refractivity contribution in [1.82, 2.24) is 16.0 Å². The van der Waals surface area contributed by atoms with E-state index in [1.165, 1.54) is 7.11 Å². The van der Waals surface area contributed by atoms with Gasteiger partial charge in [-0.15, -0.1) is 0 Å². The Morgan fingerprint density at radius 3 is 2.41 bits per heavy atom. The number of aliphatic imine (C=N–C) groups is 1. The number of nitrogens with zero attached hydrogens (tertiary/aromatic N) is 1. The second-order valence-corrected chi connectivity index (χ2v) is 4.67. The van der Waals surface area contributed by atoms with Crippen LogP contribution in [0.5, 0.6) is 0 Å². The first-order valence-electron chi connectivity index (χ1n) is 5.28. The molecule has 0 aromatic heterocycles. The van der Waals surface area contributed by atoms with Crippen LogP contribution in [0.1, 0.15) is 27.7 Å². The zero-order valence-corrected chi connectivity index (χ0v) is 11.7. The fourth-order valence-electron chi connectivity index (χ4n) is 0.877. The number of hydrogen-bond donors (Lipinski definition) is 3. The molecule has 0 rings (SSSR count). The lowest BCUT2D eigenvalue weighted by atomic mass is 10.1. The van der Waals surface area contributed by atoms with E-state index < -0.39 is 6.03 Å². The van der Waals surface area contributed by atoms with Gasteiger partial charge in [0.2, 0.25) is 0 Å². The van der Waals surface area contributed by atoms with E-state index in [-0.39, 0.29) is 16.7 Å². The molecule has 0 aromatic rings. The molecule has 0 heterocycles. The molecular formula is C10H20N4O2S. The summed E-state index contributed by atoms with van der Waals surface area (Å²) in [5.74, 6) is 0. The summed E-state index contributed by atoms with van der Waals surface area (Å²) < 4.78 is 4.90. The molecule has 0 aromatic carbocycles. The van der Waals surface area contributed by atoms with Gasteiger partial charge < -0.3 is 15.4 Å². The molecule has 0 saturated carbocycles. The second-order valence-electron chi connectivity index (χ2n) is 4.29. The molecule has 0 unspecified atom stereocenters. The van der Waals surface area contributed by atoms with Crippen molar-refractivity contribution in [3.05, 3.63) is 0 Å². The summed E-state index contributed by atoms with van der Waals surface area (Å²) in [5, 5.41) is 8.27. The quantitative estimate of drug-likeness (QED) is 0.373. The number of methoxy groups -OCH3 is 1. The predicted octanol–water partition coefficient (Wildman–Crippen LogP) is 0.981. The number of thiocarbonyl (C=S) groups is 1. The van der Waals surface area contributed by atoms with Crippen LogP contribution in [0.2, 0.25) is 0 Å². The van der Waals surface area contributed by atoms with Gasteiger partial charge in [-0.25, -0.2) is 4.79 Å². The Bertz CT molecular complexity index is 310. The van der Waals surface area contributed by atoms with Crippen LogP contribution in [0.3, 0.4) is 0 Å². The van der Waals surface area contributed by atoms with Gasteiger partial charge in [0.05, 0.1) is 7.11 Å². The van der Waals surface area contributed by atoms with Crippen molar-refractivity contribution < 1.29 is 9.53 Å². The number of amidine groups is 1. The van der Waals surface area contributed by atoms with E-state index in [0.717, 1.165) is 0 Å². The highest BCUT2D eigenvalue weighted by atomic mass is 32.1. The lowest BCUT2D eigenvalue weighted by molar-refractivity contribution is 0.233. The topological polar surface area (TPSA) is 74.8 Å². The summed E-state index contributed by atoms with van der Waals surface area (Å²) in [6.45, 7) is 8.18. The minimum Gasteiger partial charge on any atom is -0.468 e. The number of nitrogens with one attached hydrogen (secondary N) is 3. The van der Waals surface area contributed by atoms with Gasteiger partial charge in [-0.1, -0.05) is 0 Å². The highest BCUT2D eigenvalue weighted by Crippen LogP contribution is 1.97. The molecule has 3 N–H and O–H groups in total. The van der Waals surface area contributed by atoms with E-state index >= 15 is 0 Å². The van der Waals surface area contributed by atoms with Gasteiger partial charge in [0.25, 0.3) is 6.02 Å². The Balaban J connectivity index is 4.40. The molecule has 6 nitrogen and oxygen atoms in total. The van der Waals surface area contributed by atoms with Crippen LogP contribution in [0.15, 0.2) is 4.99 Å². The maximum absolute atomic E-state index is 11.5. The maximum Gasteiger partial charge on any atom is 0.323 e. The van der Waals surface area contributed by atoms with Crippen molar-refractivity contribution in [2.45, 2.75) is 33.2 Å². The fourth-order valence-corrected chi connectivity index (χ4v) is 1.10. The summed E-state index contributed by atoms with van der Waals surface area (Å²) in [7, 11) is 1.41. The molecular weight excluding hydrogens is 240 g/mol. The minimum absolute atomic E-state index is 0.0534. The van der Waals surface area contributed by atoms with Crippen LogP contribution in [0.4, 0.5) is 4.79 Å². The lowest BCUT2D eigenvalue weighted by Crippen LogP contribution is -2.48. The summed E-state index contributed by atoms with van der Waals surface area (Å²) in [4.78, 5) is 15.4. The summed E-state index contributed by atoms with van der Waals surface area (Å²) in [6.07, 6.45) is 0. The number of urea groups is 1. The zero-order chi connectivity index (χ0) is 13.5. The molecule has 0 bridgehead atoms. The number of amides is 2. The van der Waals surface area contributed by atoms with E-state index in [9.17, 15) is 4.79 Å². The van der Waals surface area contributed by atoms with Gasteiger partial charge in [0.1, 0.15) is 0 Å². The maximum atomic E-state index is 11.5. The van der Waals surface area contributed by atoms with Crippen molar-refractivity contribution in [2.75, 3.05) is 13.7 Å². The highest BCUT2D eigenvalue weighted by Gasteiger charge is 2.15. The first-order chi connectivity index (χ1) is 7.78. The van der Waals surface area contributed by atoms with E-state index in [1.54, 1.807) is 0 Å². The SMILES string of the molecule is CCNC(=S)N=C(NC(=O)NC(C)(C)C)OC.